The molecule has 0 spiro atoms. The van der Waals surface area contributed by atoms with Crippen molar-refractivity contribution in [3.63, 3.8) is 0 Å². The van der Waals surface area contributed by atoms with Crippen LogP contribution in [0.5, 0.6) is 0 Å². The van der Waals surface area contributed by atoms with E-state index in [2.05, 4.69) is 31.2 Å². The summed E-state index contributed by atoms with van der Waals surface area (Å²) in [5.41, 5.74) is 1.34. The van der Waals surface area contributed by atoms with Crippen LogP contribution in [0.1, 0.15) is 5.56 Å². The minimum absolute atomic E-state index is 0.721. The number of halogens is 1. The highest BCUT2D eigenvalue weighted by Crippen LogP contribution is 2.21. The molecule has 0 aromatic heterocycles. The quantitative estimate of drug-likeness (QED) is 0.516. The number of benzene rings is 1. The fraction of sp³-hybridized carbons (Fsp3) is 0.333. The fourth-order valence-corrected chi connectivity index (χ4v) is 1.87. The van der Waals surface area contributed by atoms with E-state index in [1.807, 2.05) is 11.8 Å². The Morgan fingerprint density at radius 3 is 2.73 bits per heavy atom. The molecule has 1 aromatic rings. The molecule has 0 nitrogen and oxygen atoms in total. The standard InChI is InChI=1S/C9H11ClS/c1-8-4-2-3-5-9(8)11-7-6-10/h2-5H,6-7H2,1H3. The van der Waals surface area contributed by atoms with Gasteiger partial charge in [0.25, 0.3) is 0 Å². The van der Waals surface area contributed by atoms with Gasteiger partial charge in [-0.15, -0.1) is 23.4 Å². The van der Waals surface area contributed by atoms with Gasteiger partial charge < -0.3 is 0 Å². The zero-order valence-corrected chi connectivity index (χ0v) is 8.08. The SMILES string of the molecule is Cc1ccccc1SCCCl. The minimum atomic E-state index is 0.721. The Bertz CT molecular complexity index is 223. The van der Waals surface area contributed by atoms with Gasteiger partial charge in [0.2, 0.25) is 0 Å². The Morgan fingerprint density at radius 1 is 1.36 bits per heavy atom. The van der Waals surface area contributed by atoms with Gasteiger partial charge in [-0.05, 0) is 18.6 Å². The minimum Gasteiger partial charge on any atom is -0.126 e. The summed E-state index contributed by atoms with van der Waals surface area (Å²) < 4.78 is 0. The van der Waals surface area contributed by atoms with E-state index < -0.39 is 0 Å². The molecule has 1 rings (SSSR count). The second-order valence-electron chi connectivity index (χ2n) is 2.30. The molecule has 60 valence electrons. The molecule has 0 atom stereocenters. The monoisotopic (exact) mass is 186 g/mol. The molecular weight excluding hydrogens is 176 g/mol. The lowest BCUT2D eigenvalue weighted by atomic mass is 10.2. The summed E-state index contributed by atoms with van der Waals surface area (Å²) >= 11 is 7.40. The maximum atomic E-state index is 5.58. The first-order valence-corrected chi connectivity index (χ1v) is 5.11. The first-order valence-electron chi connectivity index (χ1n) is 3.59. The van der Waals surface area contributed by atoms with Crippen molar-refractivity contribution in [2.45, 2.75) is 11.8 Å². The molecule has 0 amide bonds. The summed E-state index contributed by atoms with van der Waals surface area (Å²) in [6.45, 7) is 2.12. The van der Waals surface area contributed by atoms with E-state index in [9.17, 15) is 0 Å². The molecule has 0 heterocycles. The van der Waals surface area contributed by atoms with E-state index in [0.717, 1.165) is 11.6 Å². The molecule has 0 aliphatic carbocycles. The van der Waals surface area contributed by atoms with E-state index in [1.165, 1.54) is 10.5 Å². The maximum Gasteiger partial charge on any atom is 0.0317 e. The Kier molecular flexibility index (Phi) is 3.81. The molecule has 0 aliphatic rings. The first-order chi connectivity index (χ1) is 5.34. The van der Waals surface area contributed by atoms with Gasteiger partial charge in [0, 0.05) is 16.5 Å². The number of hydrogen-bond acceptors (Lipinski definition) is 1. The van der Waals surface area contributed by atoms with Crippen LogP contribution in [0.15, 0.2) is 29.2 Å². The largest absolute Gasteiger partial charge is 0.126 e. The van der Waals surface area contributed by atoms with Crippen molar-refractivity contribution in [2.75, 3.05) is 11.6 Å². The lowest BCUT2D eigenvalue weighted by Crippen LogP contribution is -1.82. The molecule has 0 aliphatic heterocycles. The van der Waals surface area contributed by atoms with E-state index in [1.54, 1.807) is 0 Å². The number of rotatable bonds is 3. The predicted molar refractivity (Wildman–Crippen MR) is 52.6 cm³/mol. The predicted octanol–water partition coefficient (Wildman–Crippen LogP) is 3.33. The summed E-state index contributed by atoms with van der Waals surface area (Å²) in [5.74, 6) is 1.71. The molecular formula is C9H11ClS. The van der Waals surface area contributed by atoms with Crippen LogP contribution in [-0.2, 0) is 0 Å². The second-order valence-corrected chi connectivity index (χ2v) is 3.82. The van der Waals surface area contributed by atoms with Crippen LogP contribution in [0, 0.1) is 6.92 Å². The van der Waals surface area contributed by atoms with Gasteiger partial charge in [-0.3, -0.25) is 0 Å². The van der Waals surface area contributed by atoms with E-state index in [0.29, 0.717) is 0 Å². The first kappa shape index (κ1) is 8.95. The van der Waals surface area contributed by atoms with E-state index in [4.69, 9.17) is 11.6 Å². The Balaban J connectivity index is 2.62. The molecule has 1 aromatic carbocycles. The van der Waals surface area contributed by atoms with E-state index >= 15 is 0 Å². The number of hydrogen-bond donors (Lipinski definition) is 0. The summed E-state index contributed by atoms with van der Waals surface area (Å²) in [5, 5.41) is 0. The van der Waals surface area contributed by atoms with Gasteiger partial charge in [0.05, 0.1) is 0 Å². The highest BCUT2D eigenvalue weighted by Gasteiger charge is 1.95. The average molecular weight is 187 g/mol. The molecule has 2 heteroatoms. The zero-order chi connectivity index (χ0) is 8.10. The third-order valence-corrected chi connectivity index (χ3v) is 3.02. The summed E-state index contributed by atoms with van der Waals surface area (Å²) in [6, 6.07) is 8.37. The van der Waals surface area contributed by atoms with Crippen LogP contribution < -0.4 is 0 Å². The number of thioether (sulfide) groups is 1. The van der Waals surface area contributed by atoms with Crippen molar-refractivity contribution in [1.29, 1.82) is 0 Å². The molecule has 0 bridgehead atoms. The molecule has 0 saturated heterocycles. The summed E-state index contributed by atoms with van der Waals surface area (Å²) in [6.07, 6.45) is 0. The lowest BCUT2D eigenvalue weighted by molar-refractivity contribution is 1.30. The van der Waals surface area contributed by atoms with Crippen LogP contribution in [-0.4, -0.2) is 11.6 Å². The average Bonchev–Trinajstić information content (AvgIpc) is 2.03. The highest BCUT2D eigenvalue weighted by molar-refractivity contribution is 7.99. The van der Waals surface area contributed by atoms with Crippen molar-refractivity contribution in [3.8, 4) is 0 Å². The van der Waals surface area contributed by atoms with Gasteiger partial charge in [-0.2, -0.15) is 0 Å². The van der Waals surface area contributed by atoms with Gasteiger partial charge in [-0.1, -0.05) is 18.2 Å². The highest BCUT2D eigenvalue weighted by atomic mass is 35.5. The topological polar surface area (TPSA) is 0 Å². The lowest BCUT2D eigenvalue weighted by Gasteiger charge is -2.01. The number of alkyl halides is 1. The molecule has 0 N–H and O–H groups in total. The van der Waals surface area contributed by atoms with Crippen molar-refractivity contribution in [3.05, 3.63) is 29.8 Å². The van der Waals surface area contributed by atoms with Gasteiger partial charge in [-0.25, -0.2) is 0 Å². The maximum absolute atomic E-state index is 5.58. The van der Waals surface area contributed by atoms with Crippen LogP contribution in [0.25, 0.3) is 0 Å². The normalized spacial score (nSPS) is 10.0. The van der Waals surface area contributed by atoms with Crippen LogP contribution >= 0.6 is 23.4 Å². The third kappa shape index (κ3) is 2.76. The van der Waals surface area contributed by atoms with Gasteiger partial charge in [0.15, 0.2) is 0 Å². The molecule has 0 fully saturated rings. The van der Waals surface area contributed by atoms with E-state index in [-0.39, 0.29) is 0 Å². The van der Waals surface area contributed by atoms with Crippen molar-refractivity contribution < 1.29 is 0 Å². The second kappa shape index (κ2) is 4.68. The van der Waals surface area contributed by atoms with Crippen molar-refractivity contribution in [1.82, 2.24) is 0 Å². The number of aryl methyl sites for hydroxylation is 1. The Morgan fingerprint density at radius 2 is 2.09 bits per heavy atom. The van der Waals surface area contributed by atoms with Gasteiger partial charge >= 0.3 is 0 Å². The molecule has 0 saturated carbocycles. The Hall–Kier alpha value is -0.140. The van der Waals surface area contributed by atoms with Crippen molar-refractivity contribution in [2.24, 2.45) is 0 Å². The third-order valence-electron chi connectivity index (χ3n) is 1.43. The van der Waals surface area contributed by atoms with Crippen LogP contribution in [0.3, 0.4) is 0 Å². The molecule has 0 unspecified atom stereocenters. The summed E-state index contributed by atoms with van der Waals surface area (Å²) in [7, 11) is 0. The van der Waals surface area contributed by atoms with Crippen molar-refractivity contribution >= 4 is 23.4 Å². The fourth-order valence-electron chi connectivity index (χ4n) is 0.867. The molecule has 0 radical (unpaired) electrons. The molecule has 11 heavy (non-hydrogen) atoms. The summed E-state index contributed by atoms with van der Waals surface area (Å²) in [4.78, 5) is 1.34. The van der Waals surface area contributed by atoms with Crippen LogP contribution in [0.2, 0.25) is 0 Å². The Labute approximate surface area is 77.0 Å². The zero-order valence-electron chi connectivity index (χ0n) is 6.51. The smallest absolute Gasteiger partial charge is 0.0317 e. The van der Waals surface area contributed by atoms with Crippen LogP contribution in [0.4, 0.5) is 0 Å². The van der Waals surface area contributed by atoms with Gasteiger partial charge in [0.1, 0.15) is 0 Å².